The van der Waals surface area contributed by atoms with E-state index in [2.05, 4.69) is 20.0 Å². The van der Waals surface area contributed by atoms with E-state index in [1.807, 2.05) is 19.2 Å². The van der Waals surface area contributed by atoms with Crippen molar-refractivity contribution in [2.24, 2.45) is 0 Å². The molecule has 1 aliphatic heterocycles. The molecule has 0 bridgehead atoms. The van der Waals surface area contributed by atoms with Crippen molar-refractivity contribution in [1.29, 1.82) is 0 Å². The lowest BCUT2D eigenvalue weighted by Crippen LogP contribution is -2.23. The zero-order valence-corrected chi connectivity index (χ0v) is 10.4. The first-order valence-corrected chi connectivity index (χ1v) is 6.25. The average Bonchev–Trinajstić information content (AvgIpc) is 3.00. The summed E-state index contributed by atoms with van der Waals surface area (Å²) < 4.78 is 5.11. The molecule has 2 aromatic rings. The van der Waals surface area contributed by atoms with Crippen LogP contribution in [-0.2, 0) is 6.54 Å². The van der Waals surface area contributed by atoms with Crippen molar-refractivity contribution in [3.05, 3.63) is 41.8 Å². The summed E-state index contributed by atoms with van der Waals surface area (Å²) in [6.07, 6.45) is 7.65. The molecule has 0 aromatic carbocycles. The van der Waals surface area contributed by atoms with Gasteiger partial charge in [-0.1, -0.05) is 5.16 Å². The summed E-state index contributed by atoms with van der Waals surface area (Å²) in [5, 5.41) is 4.05. The summed E-state index contributed by atoms with van der Waals surface area (Å²) >= 11 is 0. The van der Waals surface area contributed by atoms with Crippen molar-refractivity contribution >= 4 is 0 Å². The lowest BCUT2D eigenvalue weighted by molar-refractivity contribution is 0.235. The fourth-order valence-electron chi connectivity index (χ4n) is 2.53. The fourth-order valence-corrected chi connectivity index (χ4v) is 2.53. The number of likely N-dealkylation sites (tertiary alicyclic amines) is 1. The first-order chi connectivity index (χ1) is 8.83. The van der Waals surface area contributed by atoms with Gasteiger partial charge in [0.15, 0.2) is 0 Å². The minimum absolute atomic E-state index is 0.357. The number of aryl methyl sites for hydroxylation is 1. The molecular weight excluding hydrogens is 228 g/mol. The Bertz CT molecular complexity index is 511. The van der Waals surface area contributed by atoms with Crippen LogP contribution in [0, 0.1) is 6.92 Å². The second-order valence-electron chi connectivity index (χ2n) is 4.69. The van der Waals surface area contributed by atoms with E-state index in [1.165, 1.54) is 6.42 Å². The van der Waals surface area contributed by atoms with Gasteiger partial charge in [-0.05, 0) is 26.3 Å². The minimum Gasteiger partial charge on any atom is -0.361 e. The van der Waals surface area contributed by atoms with Gasteiger partial charge in [-0.2, -0.15) is 0 Å². The zero-order chi connectivity index (χ0) is 12.4. The first-order valence-electron chi connectivity index (χ1n) is 6.25. The van der Waals surface area contributed by atoms with Crippen LogP contribution in [-0.4, -0.2) is 26.6 Å². The van der Waals surface area contributed by atoms with Gasteiger partial charge in [-0.15, -0.1) is 0 Å². The molecule has 0 saturated carbocycles. The second-order valence-corrected chi connectivity index (χ2v) is 4.69. The third-order valence-electron chi connectivity index (χ3n) is 3.33. The van der Waals surface area contributed by atoms with Gasteiger partial charge in [0.1, 0.15) is 5.76 Å². The molecule has 94 valence electrons. The van der Waals surface area contributed by atoms with E-state index in [-0.39, 0.29) is 0 Å². The smallest absolute Gasteiger partial charge is 0.133 e. The summed E-state index contributed by atoms with van der Waals surface area (Å²) in [5.41, 5.74) is 2.04. The molecule has 18 heavy (non-hydrogen) atoms. The Labute approximate surface area is 106 Å². The maximum atomic E-state index is 5.11. The van der Waals surface area contributed by atoms with E-state index in [0.29, 0.717) is 6.04 Å². The van der Waals surface area contributed by atoms with Gasteiger partial charge in [-0.3, -0.25) is 14.9 Å². The van der Waals surface area contributed by atoms with Crippen LogP contribution >= 0.6 is 0 Å². The Kier molecular flexibility index (Phi) is 3.06. The fraction of sp³-hybridized carbons (Fsp3) is 0.462. The lowest BCUT2D eigenvalue weighted by atomic mass is 10.1. The normalized spacial score (nSPS) is 20.4. The number of hydrogen-bond acceptors (Lipinski definition) is 5. The van der Waals surface area contributed by atoms with Crippen molar-refractivity contribution in [2.45, 2.75) is 32.4 Å². The molecule has 3 heterocycles. The highest BCUT2D eigenvalue weighted by Crippen LogP contribution is 2.31. The lowest BCUT2D eigenvalue weighted by Gasteiger charge is -2.22. The maximum Gasteiger partial charge on any atom is 0.133 e. The summed E-state index contributed by atoms with van der Waals surface area (Å²) in [6.45, 7) is 3.81. The SMILES string of the molecule is Cc1cc(CN2CCC[C@H]2c2cnccn2)no1. The predicted molar refractivity (Wildman–Crippen MR) is 65.7 cm³/mol. The van der Waals surface area contributed by atoms with Gasteiger partial charge in [0.2, 0.25) is 0 Å². The number of rotatable bonds is 3. The molecule has 1 fully saturated rings. The molecule has 0 radical (unpaired) electrons. The van der Waals surface area contributed by atoms with Crippen molar-refractivity contribution in [1.82, 2.24) is 20.0 Å². The van der Waals surface area contributed by atoms with Crippen molar-refractivity contribution < 1.29 is 4.52 Å². The van der Waals surface area contributed by atoms with Gasteiger partial charge in [0.25, 0.3) is 0 Å². The largest absolute Gasteiger partial charge is 0.361 e. The van der Waals surface area contributed by atoms with Gasteiger partial charge >= 0.3 is 0 Å². The van der Waals surface area contributed by atoms with E-state index in [4.69, 9.17) is 4.52 Å². The van der Waals surface area contributed by atoms with Crippen LogP contribution in [0.2, 0.25) is 0 Å². The molecule has 1 atom stereocenters. The molecule has 3 rings (SSSR count). The van der Waals surface area contributed by atoms with Crippen LogP contribution in [0.4, 0.5) is 0 Å². The van der Waals surface area contributed by atoms with Crippen molar-refractivity contribution in [3.8, 4) is 0 Å². The minimum atomic E-state index is 0.357. The van der Waals surface area contributed by atoms with Gasteiger partial charge < -0.3 is 4.52 Å². The highest BCUT2D eigenvalue weighted by Gasteiger charge is 2.27. The number of hydrogen-bond donors (Lipinski definition) is 0. The van der Waals surface area contributed by atoms with Crippen LogP contribution in [0.5, 0.6) is 0 Å². The number of aromatic nitrogens is 3. The second kappa shape index (κ2) is 4.86. The van der Waals surface area contributed by atoms with E-state index < -0.39 is 0 Å². The third-order valence-corrected chi connectivity index (χ3v) is 3.33. The quantitative estimate of drug-likeness (QED) is 0.827. The predicted octanol–water partition coefficient (Wildman–Crippen LogP) is 2.11. The molecule has 0 spiro atoms. The van der Waals surface area contributed by atoms with Gasteiger partial charge in [-0.25, -0.2) is 0 Å². The highest BCUT2D eigenvalue weighted by atomic mass is 16.5. The first kappa shape index (κ1) is 11.3. The number of nitrogens with zero attached hydrogens (tertiary/aromatic N) is 4. The molecule has 0 aliphatic carbocycles. The molecule has 1 saturated heterocycles. The van der Waals surface area contributed by atoms with Gasteiger partial charge in [0.05, 0.1) is 17.4 Å². The summed E-state index contributed by atoms with van der Waals surface area (Å²) in [5.74, 6) is 0.861. The Morgan fingerprint density at radius 1 is 1.44 bits per heavy atom. The van der Waals surface area contributed by atoms with Crippen LogP contribution in [0.25, 0.3) is 0 Å². The molecule has 1 aliphatic rings. The van der Waals surface area contributed by atoms with Crippen molar-refractivity contribution in [3.63, 3.8) is 0 Å². The molecular formula is C13H16N4O. The van der Waals surface area contributed by atoms with Gasteiger partial charge in [0, 0.05) is 31.2 Å². The average molecular weight is 244 g/mol. The van der Waals surface area contributed by atoms with E-state index in [0.717, 1.165) is 36.7 Å². The molecule has 5 nitrogen and oxygen atoms in total. The van der Waals surface area contributed by atoms with Crippen molar-refractivity contribution in [2.75, 3.05) is 6.54 Å². The summed E-state index contributed by atoms with van der Waals surface area (Å²) in [7, 11) is 0. The topological polar surface area (TPSA) is 55.1 Å². The maximum absolute atomic E-state index is 5.11. The molecule has 0 amide bonds. The Morgan fingerprint density at radius 2 is 2.39 bits per heavy atom. The Hall–Kier alpha value is -1.75. The van der Waals surface area contributed by atoms with E-state index >= 15 is 0 Å². The van der Waals surface area contributed by atoms with Crippen LogP contribution in [0.15, 0.2) is 29.2 Å². The van der Waals surface area contributed by atoms with Crippen LogP contribution < -0.4 is 0 Å². The summed E-state index contributed by atoms with van der Waals surface area (Å²) in [4.78, 5) is 11.0. The molecule has 0 unspecified atom stereocenters. The zero-order valence-electron chi connectivity index (χ0n) is 10.4. The van der Waals surface area contributed by atoms with E-state index in [9.17, 15) is 0 Å². The summed E-state index contributed by atoms with van der Waals surface area (Å²) in [6, 6.07) is 2.35. The standard InChI is InChI=1S/C13H16N4O/c1-10-7-11(16-18-10)9-17-6-2-3-13(17)12-8-14-4-5-15-12/h4-5,7-8,13H,2-3,6,9H2,1H3/t13-/m0/s1. The molecule has 2 aromatic heterocycles. The van der Waals surface area contributed by atoms with E-state index in [1.54, 1.807) is 12.4 Å². The molecule has 5 heteroatoms. The van der Waals surface area contributed by atoms with Crippen LogP contribution in [0.3, 0.4) is 0 Å². The molecule has 0 N–H and O–H groups in total. The Morgan fingerprint density at radius 3 is 3.11 bits per heavy atom. The Balaban J connectivity index is 1.75. The monoisotopic (exact) mass is 244 g/mol. The third kappa shape index (κ3) is 2.26. The van der Waals surface area contributed by atoms with Crippen LogP contribution in [0.1, 0.15) is 36.0 Å². The highest BCUT2D eigenvalue weighted by molar-refractivity contribution is 5.08.